The first-order valence-corrected chi connectivity index (χ1v) is 11.2. The van der Waals surface area contributed by atoms with Gasteiger partial charge in [0.25, 0.3) is 17.7 Å². The van der Waals surface area contributed by atoms with Crippen molar-refractivity contribution in [2.75, 3.05) is 28.2 Å². The van der Waals surface area contributed by atoms with Crippen LogP contribution < -0.4 is 15.1 Å². The van der Waals surface area contributed by atoms with Crippen LogP contribution in [-0.2, 0) is 0 Å². The molecule has 8 heteroatoms. The molecule has 33 heavy (non-hydrogen) atoms. The maximum atomic E-state index is 13.0. The van der Waals surface area contributed by atoms with Crippen LogP contribution in [-0.4, -0.2) is 35.8 Å². The number of carbonyl (C=O) groups is 3. The second kappa shape index (κ2) is 8.67. The predicted molar refractivity (Wildman–Crippen MR) is 127 cm³/mol. The molecule has 5 rings (SSSR count). The Kier molecular flexibility index (Phi) is 5.56. The number of aromatic nitrogens is 1. The lowest BCUT2D eigenvalue weighted by Crippen LogP contribution is -2.32. The average molecular weight is 461 g/mol. The highest BCUT2D eigenvalue weighted by molar-refractivity contribution is 6.40. The Labute approximate surface area is 196 Å². The first kappa shape index (κ1) is 21.2. The molecule has 0 saturated carbocycles. The van der Waals surface area contributed by atoms with Crippen molar-refractivity contribution < 1.29 is 14.4 Å². The maximum absolute atomic E-state index is 13.0. The van der Waals surface area contributed by atoms with E-state index in [4.69, 9.17) is 11.6 Å². The molecule has 3 heterocycles. The fourth-order valence-electron chi connectivity index (χ4n) is 4.30. The number of rotatable bonds is 4. The summed E-state index contributed by atoms with van der Waals surface area (Å²) in [7, 11) is 0. The second-order valence-corrected chi connectivity index (χ2v) is 8.44. The van der Waals surface area contributed by atoms with Crippen LogP contribution in [0.25, 0.3) is 0 Å². The van der Waals surface area contributed by atoms with Crippen molar-refractivity contribution in [3.8, 4) is 0 Å². The van der Waals surface area contributed by atoms with Gasteiger partial charge in [0.15, 0.2) is 0 Å². The number of halogens is 1. The number of pyridine rings is 1. The van der Waals surface area contributed by atoms with Gasteiger partial charge in [0.1, 0.15) is 5.82 Å². The summed E-state index contributed by atoms with van der Waals surface area (Å²) in [6, 6.07) is 14.9. The van der Waals surface area contributed by atoms with Crippen LogP contribution in [0.15, 0.2) is 60.8 Å². The number of fused-ring (bicyclic) bond motifs is 1. The molecule has 2 aliphatic rings. The molecule has 0 spiro atoms. The number of piperidine rings is 1. The van der Waals surface area contributed by atoms with Gasteiger partial charge in [-0.2, -0.15) is 0 Å². The molecule has 166 valence electrons. The van der Waals surface area contributed by atoms with Crippen molar-refractivity contribution in [3.05, 3.63) is 82.5 Å². The molecule has 0 radical (unpaired) electrons. The molecule has 0 bridgehead atoms. The zero-order chi connectivity index (χ0) is 22.9. The first-order valence-electron chi connectivity index (χ1n) is 10.8. The molecule has 2 aliphatic heterocycles. The van der Waals surface area contributed by atoms with E-state index in [-0.39, 0.29) is 16.6 Å². The van der Waals surface area contributed by atoms with E-state index in [0.29, 0.717) is 28.2 Å². The fraction of sp³-hybridized carbons (Fsp3) is 0.200. The highest BCUT2D eigenvalue weighted by Gasteiger charge is 2.37. The molecule has 1 saturated heterocycles. The molecule has 0 unspecified atom stereocenters. The van der Waals surface area contributed by atoms with Crippen molar-refractivity contribution >= 4 is 46.5 Å². The van der Waals surface area contributed by atoms with Gasteiger partial charge >= 0.3 is 0 Å². The number of nitrogens with one attached hydrogen (secondary N) is 1. The molecule has 3 amide bonds. The second-order valence-electron chi connectivity index (χ2n) is 8.03. The van der Waals surface area contributed by atoms with Crippen molar-refractivity contribution in [3.63, 3.8) is 0 Å². The topological polar surface area (TPSA) is 82.6 Å². The highest BCUT2D eigenvalue weighted by atomic mass is 35.5. The smallest absolute Gasteiger partial charge is 0.266 e. The molecular formula is C25H21ClN4O3. The summed E-state index contributed by atoms with van der Waals surface area (Å²) >= 11 is 6.45. The average Bonchev–Trinajstić information content (AvgIpc) is 3.10. The summed E-state index contributed by atoms with van der Waals surface area (Å²) in [5, 5.41) is 3.04. The van der Waals surface area contributed by atoms with Gasteiger partial charge in [-0.05, 0) is 61.7 Å². The van der Waals surface area contributed by atoms with E-state index >= 15 is 0 Å². The number of amides is 3. The lowest BCUT2D eigenvalue weighted by Gasteiger charge is -2.29. The summed E-state index contributed by atoms with van der Waals surface area (Å²) in [5.41, 5.74) is 1.91. The van der Waals surface area contributed by atoms with Crippen molar-refractivity contribution in [2.24, 2.45) is 0 Å². The lowest BCUT2D eigenvalue weighted by atomic mass is 10.1. The Morgan fingerprint density at radius 2 is 1.61 bits per heavy atom. The van der Waals surface area contributed by atoms with E-state index in [2.05, 4.69) is 15.2 Å². The Hall–Kier alpha value is -3.71. The molecule has 7 nitrogen and oxygen atoms in total. The Morgan fingerprint density at radius 1 is 0.909 bits per heavy atom. The van der Waals surface area contributed by atoms with Crippen molar-refractivity contribution in [1.82, 2.24) is 4.98 Å². The third-order valence-electron chi connectivity index (χ3n) is 5.93. The first-order chi connectivity index (χ1) is 16.0. The Bertz CT molecular complexity index is 1240. The zero-order valence-corrected chi connectivity index (χ0v) is 18.5. The summed E-state index contributed by atoms with van der Waals surface area (Å²) in [6.45, 7) is 1.75. The standard InChI is InChI=1S/C25H21ClN4O3/c26-20-15-16(10-11-21(20)30-24(32)17-7-2-3-8-18(17)25(30)33)28-23(31)19-9-6-12-27-22(19)29-13-4-1-5-14-29/h2-3,6-12,15H,1,4-5,13-14H2,(H,28,31). The number of anilines is 3. The number of imide groups is 1. The van der Waals surface area contributed by atoms with Gasteiger partial charge in [-0.1, -0.05) is 23.7 Å². The number of hydrogen-bond donors (Lipinski definition) is 1. The highest BCUT2D eigenvalue weighted by Crippen LogP contribution is 2.35. The van der Waals surface area contributed by atoms with Crippen molar-refractivity contribution in [1.29, 1.82) is 0 Å². The lowest BCUT2D eigenvalue weighted by molar-refractivity contribution is 0.0924. The van der Waals surface area contributed by atoms with E-state index in [1.54, 1.807) is 54.7 Å². The quantitative estimate of drug-likeness (QED) is 0.566. The fourth-order valence-corrected chi connectivity index (χ4v) is 4.57. The van der Waals surface area contributed by atoms with Crippen LogP contribution in [0.2, 0.25) is 5.02 Å². The molecule has 1 N–H and O–H groups in total. The van der Waals surface area contributed by atoms with Crippen LogP contribution >= 0.6 is 11.6 Å². The maximum Gasteiger partial charge on any atom is 0.266 e. The normalized spacial score (nSPS) is 15.5. The molecule has 0 aliphatic carbocycles. The SMILES string of the molecule is O=C(Nc1ccc(N2C(=O)c3ccccc3C2=O)c(Cl)c1)c1cccnc1N1CCCCC1. The van der Waals surface area contributed by atoms with Crippen molar-refractivity contribution in [2.45, 2.75) is 19.3 Å². The monoisotopic (exact) mass is 460 g/mol. The largest absolute Gasteiger partial charge is 0.356 e. The number of nitrogens with zero attached hydrogens (tertiary/aromatic N) is 3. The summed E-state index contributed by atoms with van der Waals surface area (Å²) < 4.78 is 0. The van der Waals surface area contributed by atoms with E-state index < -0.39 is 11.8 Å². The van der Waals surface area contributed by atoms with E-state index in [0.717, 1.165) is 30.8 Å². The number of carbonyl (C=O) groups excluding carboxylic acids is 3. The summed E-state index contributed by atoms with van der Waals surface area (Å²) in [4.78, 5) is 46.2. The predicted octanol–water partition coefficient (Wildman–Crippen LogP) is 4.78. The zero-order valence-electron chi connectivity index (χ0n) is 17.8. The third-order valence-corrected chi connectivity index (χ3v) is 6.23. The Morgan fingerprint density at radius 3 is 2.27 bits per heavy atom. The summed E-state index contributed by atoms with van der Waals surface area (Å²) in [6.07, 6.45) is 5.02. The van der Waals surface area contributed by atoms with Gasteiger partial charge in [-0.3, -0.25) is 14.4 Å². The Balaban J connectivity index is 1.38. The molecule has 0 atom stereocenters. The van der Waals surface area contributed by atoms with E-state index in [1.165, 1.54) is 12.5 Å². The van der Waals surface area contributed by atoms with E-state index in [1.807, 2.05) is 0 Å². The van der Waals surface area contributed by atoms with E-state index in [9.17, 15) is 14.4 Å². The van der Waals surface area contributed by atoms with Gasteiger partial charge in [-0.15, -0.1) is 0 Å². The molecule has 1 aromatic heterocycles. The van der Waals surface area contributed by atoms with Crippen LogP contribution in [0.4, 0.5) is 17.2 Å². The van der Waals surface area contributed by atoms with Crippen LogP contribution in [0.3, 0.4) is 0 Å². The van der Waals surface area contributed by atoms with Crippen LogP contribution in [0, 0.1) is 0 Å². The molecule has 3 aromatic rings. The van der Waals surface area contributed by atoms with Gasteiger partial charge in [-0.25, -0.2) is 9.88 Å². The van der Waals surface area contributed by atoms with Gasteiger partial charge < -0.3 is 10.2 Å². The van der Waals surface area contributed by atoms with Gasteiger partial charge in [0.05, 0.1) is 27.4 Å². The van der Waals surface area contributed by atoms with Gasteiger partial charge in [0, 0.05) is 25.0 Å². The molecule has 1 fully saturated rings. The third kappa shape index (κ3) is 3.85. The minimum Gasteiger partial charge on any atom is -0.356 e. The van der Waals surface area contributed by atoms with Crippen LogP contribution in [0.5, 0.6) is 0 Å². The minimum atomic E-state index is -0.421. The molecular weight excluding hydrogens is 440 g/mol. The summed E-state index contributed by atoms with van der Waals surface area (Å²) in [5.74, 6) is -0.469. The molecule has 2 aromatic carbocycles. The minimum absolute atomic E-state index is 0.185. The van der Waals surface area contributed by atoms with Gasteiger partial charge in [0.2, 0.25) is 0 Å². The number of hydrogen-bond acceptors (Lipinski definition) is 5. The number of benzene rings is 2. The van der Waals surface area contributed by atoms with Crippen LogP contribution in [0.1, 0.15) is 50.3 Å².